The number of hydrogen-bond acceptors (Lipinski definition) is 8. The van der Waals surface area contributed by atoms with Crippen molar-refractivity contribution in [1.82, 2.24) is 9.97 Å². The lowest BCUT2D eigenvalue weighted by atomic mass is 10.1. The Bertz CT molecular complexity index is 1120. The van der Waals surface area contributed by atoms with Gasteiger partial charge in [0.05, 0.1) is 18.9 Å². The van der Waals surface area contributed by atoms with Gasteiger partial charge in [-0.25, -0.2) is 14.8 Å². The Labute approximate surface area is 197 Å². The molecule has 3 aromatic rings. The van der Waals surface area contributed by atoms with Crippen molar-refractivity contribution in [3.63, 3.8) is 0 Å². The molecule has 0 bridgehead atoms. The molecule has 9 nitrogen and oxygen atoms in total. The summed E-state index contributed by atoms with van der Waals surface area (Å²) in [5, 5.41) is 0.838. The number of hydrogen-bond donors (Lipinski definition) is 0. The molecule has 1 aromatic heterocycles. The van der Waals surface area contributed by atoms with Gasteiger partial charge in [-0.1, -0.05) is 60.7 Å². The zero-order valence-corrected chi connectivity index (χ0v) is 19.0. The van der Waals surface area contributed by atoms with E-state index < -0.39 is 24.3 Å². The number of carbonyl (C=O) groups is 3. The first kappa shape index (κ1) is 24.5. The van der Waals surface area contributed by atoms with E-state index in [4.69, 9.17) is 14.3 Å². The molecule has 1 amide bonds. The van der Waals surface area contributed by atoms with E-state index in [2.05, 4.69) is 9.97 Å². The molecular weight excluding hydrogens is 438 g/mol. The highest BCUT2D eigenvalue weighted by molar-refractivity contribution is 6.07. The summed E-state index contributed by atoms with van der Waals surface area (Å²) in [7, 11) is 0. The van der Waals surface area contributed by atoms with E-state index in [-0.39, 0.29) is 36.9 Å². The van der Waals surface area contributed by atoms with Crippen LogP contribution in [-0.2, 0) is 30.5 Å². The Hall–Kier alpha value is -4.11. The number of nitrogens with zero attached hydrogens (tertiary/aromatic N) is 3. The molecule has 0 aliphatic heterocycles. The third-order valence-corrected chi connectivity index (χ3v) is 4.58. The van der Waals surface area contributed by atoms with Gasteiger partial charge in [-0.15, -0.1) is 0 Å². The van der Waals surface area contributed by atoms with Gasteiger partial charge in [0.15, 0.2) is 5.82 Å². The van der Waals surface area contributed by atoms with E-state index in [0.717, 1.165) is 10.6 Å². The van der Waals surface area contributed by atoms with Gasteiger partial charge in [0.1, 0.15) is 24.9 Å². The lowest BCUT2D eigenvalue weighted by molar-refractivity contribution is -0.147. The van der Waals surface area contributed by atoms with E-state index in [1.54, 1.807) is 38.1 Å². The molecule has 2 aromatic carbocycles. The van der Waals surface area contributed by atoms with E-state index >= 15 is 0 Å². The predicted molar refractivity (Wildman–Crippen MR) is 123 cm³/mol. The number of amides is 1. The monoisotopic (exact) mass is 463 g/mol. The molecular formula is C25H25N3O6. The summed E-state index contributed by atoms with van der Waals surface area (Å²) in [6.07, 6.45) is 0.618. The number of benzene rings is 2. The van der Waals surface area contributed by atoms with Gasteiger partial charge in [0, 0.05) is 5.56 Å². The third kappa shape index (κ3) is 6.23. The molecule has 0 fully saturated rings. The van der Waals surface area contributed by atoms with Gasteiger partial charge in [-0.05, 0) is 19.4 Å². The topological polar surface area (TPSA) is 108 Å². The highest BCUT2D eigenvalue weighted by atomic mass is 16.7. The Balaban J connectivity index is 2.07. The minimum absolute atomic E-state index is 0.0116. The highest BCUT2D eigenvalue weighted by Gasteiger charge is 2.30. The average molecular weight is 463 g/mol. The van der Waals surface area contributed by atoms with Gasteiger partial charge in [-0.3, -0.25) is 14.4 Å². The maximum atomic E-state index is 13.1. The fraction of sp³-hybridized carbons (Fsp3) is 0.240. The van der Waals surface area contributed by atoms with Crippen molar-refractivity contribution in [3.05, 3.63) is 78.1 Å². The molecule has 3 rings (SSSR count). The van der Waals surface area contributed by atoms with E-state index in [9.17, 15) is 14.4 Å². The fourth-order valence-electron chi connectivity index (χ4n) is 3.11. The molecule has 0 aliphatic carbocycles. The van der Waals surface area contributed by atoms with Gasteiger partial charge in [-0.2, -0.15) is 5.06 Å². The number of ether oxygens (including phenoxy) is 2. The van der Waals surface area contributed by atoms with Crippen LogP contribution in [0.2, 0.25) is 0 Å². The van der Waals surface area contributed by atoms with Crippen LogP contribution in [0.4, 0.5) is 5.82 Å². The largest absolute Gasteiger partial charge is 0.466 e. The smallest absolute Gasteiger partial charge is 0.344 e. The number of anilines is 1. The standard InChI is InChI=1S/C25H25N3O6/c1-3-32-21(30)15-20(29)28(34-16-18-11-7-5-8-12-18)24-22(25(31)33-4-2)23(26-17-27-24)19-13-9-6-10-14-19/h5-14,17H,3-4,15-16H2,1-2H3. The fourth-order valence-corrected chi connectivity index (χ4v) is 3.11. The highest BCUT2D eigenvalue weighted by Crippen LogP contribution is 2.29. The summed E-state index contributed by atoms with van der Waals surface area (Å²) in [5.74, 6) is -2.33. The van der Waals surface area contributed by atoms with Crippen molar-refractivity contribution < 1.29 is 28.7 Å². The number of esters is 2. The summed E-state index contributed by atoms with van der Waals surface area (Å²) >= 11 is 0. The second kappa shape index (κ2) is 12.2. The molecule has 0 aliphatic rings. The molecule has 9 heteroatoms. The minimum atomic E-state index is -0.752. The van der Waals surface area contributed by atoms with Crippen LogP contribution < -0.4 is 5.06 Å². The first-order valence-electron chi connectivity index (χ1n) is 10.8. The Morgan fingerprint density at radius 3 is 2.15 bits per heavy atom. The zero-order valence-electron chi connectivity index (χ0n) is 19.0. The first-order valence-corrected chi connectivity index (χ1v) is 10.8. The number of aromatic nitrogens is 2. The molecule has 0 atom stereocenters. The molecule has 0 N–H and O–H groups in total. The van der Waals surface area contributed by atoms with Crippen molar-refractivity contribution >= 4 is 23.7 Å². The van der Waals surface area contributed by atoms with Gasteiger partial charge in [0.25, 0.3) is 5.91 Å². The SMILES string of the molecule is CCOC(=O)CC(=O)N(OCc1ccccc1)c1ncnc(-c2ccccc2)c1C(=O)OCC. The molecule has 34 heavy (non-hydrogen) atoms. The third-order valence-electron chi connectivity index (χ3n) is 4.58. The minimum Gasteiger partial charge on any atom is -0.466 e. The van der Waals surface area contributed by atoms with Crippen LogP contribution in [0.5, 0.6) is 0 Å². The van der Waals surface area contributed by atoms with Crippen LogP contribution >= 0.6 is 0 Å². The van der Waals surface area contributed by atoms with Crippen LogP contribution in [-0.4, -0.2) is 41.0 Å². The van der Waals surface area contributed by atoms with Crippen LogP contribution in [0, 0.1) is 0 Å². The van der Waals surface area contributed by atoms with Crippen LogP contribution in [0.25, 0.3) is 11.3 Å². The first-order chi connectivity index (χ1) is 16.5. The summed E-state index contributed by atoms with van der Waals surface area (Å²) < 4.78 is 10.1. The Morgan fingerprint density at radius 1 is 0.853 bits per heavy atom. The van der Waals surface area contributed by atoms with Gasteiger partial charge >= 0.3 is 11.9 Å². The average Bonchev–Trinajstić information content (AvgIpc) is 2.85. The molecule has 176 valence electrons. The van der Waals surface area contributed by atoms with Crippen molar-refractivity contribution in [2.24, 2.45) is 0 Å². The van der Waals surface area contributed by atoms with Crippen LogP contribution in [0.3, 0.4) is 0 Å². The molecule has 0 saturated heterocycles. The van der Waals surface area contributed by atoms with E-state index in [1.165, 1.54) is 6.33 Å². The molecule has 0 unspecified atom stereocenters. The molecule has 0 spiro atoms. The summed E-state index contributed by atoms with van der Waals surface area (Å²) in [6.45, 7) is 3.52. The maximum Gasteiger partial charge on any atom is 0.344 e. The van der Waals surface area contributed by atoms with Gasteiger partial charge < -0.3 is 9.47 Å². The van der Waals surface area contributed by atoms with Gasteiger partial charge in [0.2, 0.25) is 0 Å². The number of hydroxylamine groups is 1. The van der Waals surface area contributed by atoms with Crippen molar-refractivity contribution in [2.45, 2.75) is 26.9 Å². The van der Waals surface area contributed by atoms with Crippen molar-refractivity contribution in [1.29, 1.82) is 0 Å². The number of rotatable bonds is 10. The van der Waals surface area contributed by atoms with Crippen molar-refractivity contribution in [3.8, 4) is 11.3 Å². The molecule has 0 saturated carbocycles. The summed E-state index contributed by atoms with van der Waals surface area (Å²) in [4.78, 5) is 52.4. The lowest BCUT2D eigenvalue weighted by Crippen LogP contribution is -2.35. The normalized spacial score (nSPS) is 10.4. The predicted octanol–water partition coefficient (Wildman–Crippen LogP) is 3.74. The van der Waals surface area contributed by atoms with Crippen molar-refractivity contribution in [2.75, 3.05) is 18.3 Å². The molecule has 0 radical (unpaired) electrons. The Morgan fingerprint density at radius 2 is 1.50 bits per heavy atom. The second-order valence-corrected chi connectivity index (χ2v) is 6.94. The summed E-state index contributed by atoms with van der Waals surface area (Å²) in [5.41, 5.74) is 1.60. The number of carbonyl (C=O) groups excluding carboxylic acids is 3. The molecule has 1 heterocycles. The second-order valence-electron chi connectivity index (χ2n) is 6.94. The lowest BCUT2D eigenvalue weighted by Gasteiger charge is -2.23. The Kier molecular flexibility index (Phi) is 8.81. The van der Waals surface area contributed by atoms with Crippen LogP contribution in [0.1, 0.15) is 36.2 Å². The summed E-state index contributed by atoms with van der Waals surface area (Å²) in [6, 6.07) is 18.1. The zero-order chi connectivity index (χ0) is 24.3. The maximum absolute atomic E-state index is 13.1. The van der Waals surface area contributed by atoms with E-state index in [0.29, 0.717) is 5.56 Å². The van der Waals surface area contributed by atoms with E-state index in [1.807, 2.05) is 36.4 Å². The van der Waals surface area contributed by atoms with Crippen LogP contribution in [0.15, 0.2) is 67.0 Å². The quantitative estimate of drug-likeness (QED) is 0.254.